The van der Waals surface area contributed by atoms with Gasteiger partial charge >= 0.3 is 0 Å². The van der Waals surface area contributed by atoms with Gasteiger partial charge in [0.2, 0.25) is 10.8 Å². The molecule has 2 aromatic heterocycles. The molecule has 0 aliphatic carbocycles. The van der Waals surface area contributed by atoms with Gasteiger partial charge in [0.15, 0.2) is 4.34 Å². The Kier molecular flexibility index (Phi) is 2.96. The summed E-state index contributed by atoms with van der Waals surface area (Å²) < 4.78 is 2.72. The van der Waals surface area contributed by atoms with E-state index in [2.05, 4.69) is 26.7 Å². The highest BCUT2D eigenvalue weighted by Crippen LogP contribution is 2.26. The first-order valence-corrected chi connectivity index (χ1v) is 7.24. The van der Waals surface area contributed by atoms with Gasteiger partial charge in [-0.05, 0) is 0 Å². The third-order valence-corrected chi connectivity index (χ3v) is 4.66. The fourth-order valence-electron chi connectivity index (χ4n) is 2.01. The van der Waals surface area contributed by atoms with E-state index >= 15 is 0 Å². The zero-order valence-corrected chi connectivity index (χ0v) is 10.7. The van der Waals surface area contributed by atoms with E-state index in [0.717, 1.165) is 28.1 Å². The van der Waals surface area contributed by atoms with Crippen LogP contribution in [0.25, 0.3) is 4.96 Å². The lowest BCUT2D eigenvalue weighted by Gasteiger charge is -2.01. The molecular formula is C9H11N6S2+. The third kappa shape index (κ3) is 2.01. The lowest BCUT2D eigenvalue weighted by atomic mass is 10.2. The van der Waals surface area contributed by atoms with Gasteiger partial charge in [0, 0.05) is 12.8 Å². The molecule has 1 saturated heterocycles. The van der Waals surface area contributed by atoms with Crippen LogP contribution in [0.3, 0.4) is 0 Å². The van der Waals surface area contributed by atoms with E-state index in [4.69, 9.17) is 5.26 Å². The zero-order chi connectivity index (χ0) is 11.7. The molecule has 17 heavy (non-hydrogen) atoms. The smallest absolute Gasteiger partial charge is 0.235 e. The van der Waals surface area contributed by atoms with E-state index in [9.17, 15) is 0 Å². The minimum absolute atomic E-state index is 0.390. The molecule has 6 nitrogen and oxygen atoms in total. The topological polar surface area (TPSA) is 83.5 Å². The van der Waals surface area contributed by atoms with Gasteiger partial charge in [-0.2, -0.15) is 9.78 Å². The molecule has 8 heteroatoms. The zero-order valence-electron chi connectivity index (χ0n) is 9.04. The summed E-state index contributed by atoms with van der Waals surface area (Å²) in [6.45, 7) is 1.15. The van der Waals surface area contributed by atoms with Crippen molar-refractivity contribution in [1.29, 1.82) is 5.26 Å². The van der Waals surface area contributed by atoms with Gasteiger partial charge in [0.25, 0.3) is 0 Å². The van der Waals surface area contributed by atoms with Crippen molar-refractivity contribution in [2.45, 2.75) is 23.2 Å². The summed E-state index contributed by atoms with van der Waals surface area (Å²) in [4.78, 5) is 0.820. The molecule has 1 fully saturated rings. The first-order valence-electron chi connectivity index (χ1n) is 5.43. The summed E-state index contributed by atoms with van der Waals surface area (Å²) in [5.74, 6) is 1.37. The number of quaternary nitrogens is 1. The number of aromatic nitrogens is 4. The first kappa shape index (κ1) is 11.0. The summed E-state index contributed by atoms with van der Waals surface area (Å²) in [6.07, 6.45) is 2.36. The molecule has 0 bridgehead atoms. The van der Waals surface area contributed by atoms with E-state index < -0.39 is 0 Å². The van der Waals surface area contributed by atoms with Gasteiger partial charge in [0.1, 0.15) is 6.04 Å². The summed E-state index contributed by atoms with van der Waals surface area (Å²) in [5, 5.41) is 23.7. The second-order valence-electron chi connectivity index (χ2n) is 3.84. The lowest BCUT2D eigenvalue weighted by Crippen LogP contribution is -2.82. The number of nitrogens with two attached hydrogens (primary N) is 1. The Labute approximate surface area is 106 Å². The van der Waals surface area contributed by atoms with Crippen molar-refractivity contribution in [3.05, 3.63) is 5.82 Å². The van der Waals surface area contributed by atoms with Gasteiger partial charge in [-0.25, -0.2) is 0 Å². The van der Waals surface area contributed by atoms with Crippen LogP contribution in [0, 0.1) is 11.3 Å². The minimum Gasteiger partial charge on any atom is -0.337 e. The molecule has 3 rings (SSSR count). The van der Waals surface area contributed by atoms with E-state index in [1.165, 1.54) is 29.5 Å². The SMILES string of the molecule is N#CCSc1nn2c([C@H]3CCC[NH2+]3)nnc2s1. The molecule has 88 valence electrons. The van der Waals surface area contributed by atoms with Crippen LogP contribution < -0.4 is 5.32 Å². The summed E-state index contributed by atoms with van der Waals surface area (Å²) in [5.41, 5.74) is 0. The minimum atomic E-state index is 0.390. The van der Waals surface area contributed by atoms with Crippen molar-refractivity contribution in [2.24, 2.45) is 0 Å². The molecule has 0 spiro atoms. The molecule has 2 N–H and O–H groups in total. The van der Waals surface area contributed by atoms with Gasteiger partial charge in [-0.15, -0.1) is 15.3 Å². The number of rotatable bonds is 3. The van der Waals surface area contributed by atoms with Crippen LogP contribution in [0.4, 0.5) is 0 Å². The van der Waals surface area contributed by atoms with Crippen LogP contribution in [-0.2, 0) is 0 Å². The van der Waals surface area contributed by atoms with E-state index in [0.29, 0.717) is 11.8 Å². The van der Waals surface area contributed by atoms with Crippen LogP contribution in [-0.4, -0.2) is 32.1 Å². The van der Waals surface area contributed by atoms with E-state index in [1.54, 1.807) is 0 Å². The number of fused-ring (bicyclic) bond motifs is 1. The molecule has 1 aliphatic heterocycles. The van der Waals surface area contributed by atoms with Gasteiger partial charge in [-0.1, -0.05) is 23.1 Å². The van der Waals surface area contributed by atoms with Gasteiger partial charge in [0.05, 0.1) is 18.4 Å². The second kappa shape index (κ2) is 4.60. The molecule has 0 amide bonds. The Hall–Kier alpha value is -1.17. The fraction of sp³-hybridized carbons (Fsp3) is 0.556. The Balaban J connectivity index is 1.91. The maximum Gasteiger partial charge on any atom is 0.235 e. The molecule has 0 aromatic carbocycles. The molecule has 1 aliphatic rings. The highest BCUT2D eigenvalue weighted by Gasteiger charge is 2.27. The molecule has 0 radical (unpaired) electrons. The molecule has 0 unspecified atom stereocenters. The predicted molar refractivity (Wildman–Crippen MR) is 63.8 cm³/mol. The number of hydrogen-bond donors (Lipinski definition) is 1. The Morgan fingerprint density at radius 3 is 3.29 bits per heavy atom. The standard InChI is InChI=1S/C9H10N6S2/c10-3-5-16-9-14-15-7(6-2-1-4-11-6)12-13-8(15)17-9/h6,11H,1-2,4-5H2/p+1/t6-/m1/s1. The molecule has 3 heterocycles. The van der Waals surface area contributed by atoms with Crippen LogP contribution in [0.15, 0.2) is 4.34 Å². The Bertz CT molecular complexity index is 562. The number of hydrogen-bond acceptors (Lipinski definition) is 6. The van der Waals surface area contributed by atoms with Crippen molar-refractivity contribution in [3.63, 3.8) is 0 Å². The second-order valence-corrected chi connectivity index (χ2v) is 6.02. The van der Waals surface area contributed by atoms with Crippen LogP contribution in [0.1, 0.15) is 24.7 Å². The average Bonchev–Trinajstić information content (AvgIpc) is 3.01. The van der Waals surface area contributed by atoms with Crippen molar-refractivity contribution >= 4 is 28.1 Å². The Morgan fingerprint density at radius 2 is 2.53 bits per heavy atom. The quantitative estimate of drug-likeness (QED) is 0.803. The lowest BCUT2D eigenvalue weighted by molar-refractivity contribution is -0.677. The van der Waals surface area contributed by atoms with Crippen LogP contribution in [0.5, 0.6) is 0 Å². The maximum absolute atomic E-state index is 8.55. The summed E-state index contributed by atoms with van der Waals surface area (Å²) in [6, 6.07) is 2.49. The Morgan fingerprint density at radius 1 is 1.59 bits per heavy atom. The normalized spacial score (nSPS) is 19.8. The highest BCUT2D eigenvalue weighted by molar-refractivity contribution is 8.01. The van der Waals surface area contributed by atoms with Crippen molar-refractivity contribution in [3.8, 4) is 6.07 Å². The predicted octanol–water partition coefficient (Wildman–Crippen LogP) is 0.200. The fourth-order valence-corrected chi connectivity index (χ4v) is 3.55. The van der Waals surface area contributed by atoms with E-state index in [-0.39, 0.29) is 0 Å². The van der Waals surface area contributed by atoms with Crippen molar-refractivity contribution in [1.82, 2.24) is 19.8 Å². The van der Waals surface area contributed by atoms with Gasteiger partial charge in [-0.3, -0.25) is 0 Å². The third-order valence-electron chi connectivity index (χ3n) is 2.76. The number of nitriles is 1. The number of thioether (sulfide) groups is 1. The van der Waals surface area contributed by atoms with Crippen molar-refractivity contribution < 1.29 is 5.32 Å². The van der Waals surface area contributed by atoms with E-state index in [1.807, 2.05) is 4.52 Å². The summed E-state index contributed by atoms with van der Waals surface area (Å²) >= 11 is 2.94. The van der Waals surface area contributed by atoms with Crippen LogP contribution in [0.2, 0.25) is 0 Å². The maximum atomic E-state index is 8.55. The number of nitrogens with zero attached hydrogens (tertiary/aromatic N) is 5. The molecule has 2 aromatic rings. The monoisotopic (exact) mass is 267 g/mol. The van der Waals surface area contributed by atoms with Crippen molar-refractivity contribution in [2.75, 3.05) is 12.3 Å². The molecule has 0 saturated carbocycles. The summed E-state index contributed by atoms with van der Waals surface area (Å²) in [7, 11) is 0. The first-order chi connectivity index (χ1) is 8.38. The molecular weight excluding hydrogens is 256 g/mol. The largest absolute Gasteiger partial charge is 0.337 e. The molecule has 1 atom stereocenters. The van der Waals surface area contributed by atoms with Crippen LogP contribution >= 0.6 is 23.1 Å². The average molecular weight is 267 g/mol. The van der Waals surface area contributed by atoms with Gasteiger partial charge < -0.3 is 5.32 Å². The highest BCUT2D eigenvalue weighted by atomic mass is 32.2.